The average Bonchev–Trinajstić information content (AvgIpc) is 2.83. The molecule has 0 saturated heterocycles. The lowest BCUT2D eigenvalue weighted by Crippen LogP contribution is -2.38. The molecule has 8 nitrogen and oxygen atoms in total. The van der Waals surface area contributed by atoms with Gasteiger partial charge in [-0.3, -0.25) is 4.79 Å². The van der Waals surface area contributed by atoms with Gasteiger partial charge in [-0.15, -0.1) is 0 Å². The van der Waals surface area contributed by atoms with E-state index in [0.717, 1.165) is 23.2 Å². The van der Waals surface area contributed by atoms with Crippen LogP contribution in [-0.4, -0.2) is 26.9 Å². The van der Waals surface area contributed by atoms with Crippen LogP contribution in [0.2, 0.25) is 0 Å². The lowest BCUT2D eigenvalue weighted by atomic mass is 10.1. The Morgan fingerprint density at radius 2 is 1.74 bits per heavy atom. The highest BCUT2D eigenvalue weighted by atomic mass is 32.2. The molecule has 1 aliphatic rings. The number of rotatable bonds is 6. The van der Waals surface area contributed by atoms with Gasteiger partial charge in [0.2, 0.25) is 10.0 Å². The quantitative estimate of drug-likeness (QED) is 0.464. The first-order chi connectivity index (χ1) is 16.3. The predicted molar refractivity (Wildman–Crippen MR) is 129 cm³/mol. The molecule has 176 valence electrons. The number of carbonyl (C=O) groups is 2. The second-order valence-electron chi connectivity index (χ2n) is 7.90. The van der Waals surface area contributed by atoms with Gasteiger partial charge < -0.3 is 15.4 Å². The number of sulfonamides is 1. The number of hydrogen-bond acceptors (Lipinski definition) is 6. The number of carbonyl (C=O) groups excluding carboxylic acids is 2. The monoisotopic (exact) mass is 479 g/mol. The number of benzene rings is 3. The summed E-state index contributed by atoms with van der Waals surface area (Å²) in [6, 6.07) is 18.7. The zero-order chi connectivity index (χ0) is 24.3. The number of ether oxygens (including phenoxy) is 1. The second kappa shape index (κ2) is 9.66. The van der Waals surface area contributed by atoms with Gasteiger partial charge in [-0.25, -0.2) is 13.2 Å². The van der Waals surface area contributed by atoms with Gasteiger partial charge in [-0.05, 0) is 54.3 Å². The van der Waals surface area contributed by atoms with Gasteiger partial charge in [0, 0.05) is 5.69 Å². The fourth-order valence-electron chi connectivity index (χ4n) is 3.78. The van der Waals surface area contributed by atoms with Crippen LogP contribution >= 0.6 is 0 Å². The Morgan fingerprint density at radius 1 is 1.00 bits per heavy atom. The molecule has 0 unspecified atom stereocenters. The molecule has 1 amide bonds. The SMILES string of the molecule is CCc1cccc(C)c1NC(=O)COC(=O)c1ccc([C@@H]2Nc3ccccc3S(=O)(=O)N2)cc1. The number of para-hydroxylation sites is 2. The maximum absolute atomic E-state index is 12.5. The summed E-state index contributed by atoms with van der Waals surface area (Å²) in [5, 5.41) is 5.95. The summed E-state index contributed by atoms with van der Waals surface area (Å²) < 4.78 is 32.8. The molecule has 4 rings (SSSR count). The van der Waals surface area contributed by atoms with E-state index in [4.69, 9.17) is 4.74 Å². The summed E-state index contributed by atoms with van der Waals surface area (Å²) in [7, 11) is -3.67. The van der Waals surface area contributed by atoms with Crippen LogP contribution in [0, 0.1) is 6.92 Å². The molecule has 0 fully saturated rings. The second-order valence-corrected chi connectivity index (χ2v) is 9.59. The lowest BCUT2D eigenvalue weighted by molar-refractivity contribution is -0.119. The highest BCUT2D eigenvalue weighted by molar-refractivity contribution is 7.89. The lowest BCUT2D eigenvalue weighted by Gasteiger charge is -2.28. The number of esters is 1. The zero-order valence-electron chi connectivity index (χ0n) is 18.8. The van der Waals surface area contributed by atoms with Crippen molar-refractivity contribution < 1.29 is 22.7 Å². The standard InChI is InChI=1S/C25H25N3O5S/c1-3-17-8-6-7-16(2)23(17)27-22(29)15-33-25(30)19-13-11-18(12-14-19)24-26-20-9-4-5-10-21(20)34(31,32)28-24/h4-14,24,26,28H,3,15H2,1-2H3,(H,27,29)/t24-/m1/s1. The summed E-state index contributed by atoms with van der Waals surface area (Å²) in [5.41, 5.74) is 4.05. The van der Waals surface area contributed by atoms with Gasteiger partial charge in [0.25, 0.3) is 5.91 Å². The summed E-state index contributed by atoms with van der Waals surface area (Å²) >= 11 is 0. The van der Waals surface area contributed by atoms with E-state index in [9.17, 15) is 18.0 Å². The molecule has 3 aromatic rings. The molecule has 0 radical (unpaired) electrons. The minimum absolute atomic E-state index is 0.182. The van der Waals surface area contributed by atoms with Crippen LogP contribution in [0.4, 0.5) is 11.4 Å². The van der Waals surface area contributed by atoms with Crippen molar-refractivity contribution in [1.82, 2.24) is 4.72 Å². The highest BCUT2D eigenvalue weighted by Crippen LogP contribution is 2.30. The van der Waals surface area contributed by atoms with E-state index in [1.807, 2.05) is 32.0 Å². The number of nitrogens with one attached hydrogen (secondary N) is 3. The van der Waals surface area contributed by atoms with Crippen LogP contribution in [0.3, 0.4) is 0 Å². The van der Waals surface area contributed by atoms with Gasteiger partial charge in [-0.1, -0.05) is 49.4 Å². The van der Waals surface area contributed by atoms with Crippen LogP contribution < -0.4 is 15.4 Å². The minimum Gasteiger partial charge on any atom is -0.452 e. The molecule has 1 aliphatic heterocycles. The van der Waals surface area contributed by atoms with E-state index in [0.29, 0.717) is 11.3 Å². The van der Waals surface area contributed by atoms with Gasteiger partial charge in [0.05, 0.1) is 11.3 Å². The zero-order valence-corrected chi connectivity index (χ0v) is 19.6. The molecular formula is C25H25N3O5S. The van der Waals surface area contributed by atoms with Crippen molar-refractivity contribution in [3.8, 4) is 0 Å². The van der Waals surface area contributed by atoms with Crippen LogP contribution in [0.25, 0.3) is 0 Å². The molecule has 0 bridgehead atoms. The van der Waals surface area contributed by atoms with Crippen LogP contribution in [0.5, 0.6) is 0 Å². The van der Waals surface area contributed by atoms with Crippen molar-refractivity contribution in [2.75, 3.05) is 17.2 Å². The van der Waals surface area contributed by atoms with Crippen molar-refractivity contribution in [1.29, 1.82) is 0 Å². The van der Waals surface area contributed by atoms with Crippen LogP contribution in [-0.2, 0) is 26.0 Å². The largest absolute Gasteiger partial charge is 0.452 e. The molecule has 3 N–H and O–H groups in total. The van der Waals surface area contributed by atoms with E-state index in [-0.39, 0.29) is 10.5 Å². The molecule has 0 saturated carbocycles. The van der Waals surface area contributed by atoms with E-state index < -0.39 is 34.7 Å². The molecule has 3 aromatic carbocycles. The number of aryl methyl sites for hydroxylation is 2. The normalized spacial score (nSPS) is 16.1. The maximum Gasteiger partial charge on any atom is 0.338 e. The Hall–Kier alpha value is -3.69. The Kier molecular flexibility index (Phi) is 6.67. The third kappa shape index (κ3) is 4.95. The summed E-state index contributed by atoms with van der Waals surface area (Å²) in [5.74, 6) is -1.07. The topological polar surface area (TPSA) is 114 Å². The number of hydrogen-bond donors (Lipinski definition) is 3. The van der Waals surface area contributed by atoms with E-state index in [1.54, 1.807) is 30.3 Å². The number of fused-ring (bicyclic) bond motifs is 1. The third-order valence-corrected chi connectivity index (χ3v) is 7.05. The molecular weight excluding hydrogens is 454 g/mol. The van der Waals surface area contributed by atoms with Gasteiger partial charge >= 0.3 is 5.97 Å². The number of amides is 1. The first-order valence-electron chi connectivity index (χ1n) is 10.8. The Balaban J connectivity index is 1.38. The maximum atomic E-state index is 12.5. The summed E-state index contributed by atoms with van der Waals surface area (Å²) in [4.78, 5) is 24.9. The van der Waals surface area contributed by atoms with E-state index >= 15 is 0 Å². The van der Waals surface area contributed by atoms with Crippen molar-refractivity contribution in [3.05, 3.63) is 89.0 Å². The predicted octanol–water partition coefficient (Wildman–Crippen LogP) is 3.76. The molecule has 1 heterocycles. The Morgan fingerprint density at radius 3 is 2.47 bits per heavy atom. The van der Waals surface area contributed by atoms with E-state index in [1.165, 1.54) is 18.2 Å². The number of anilines is 2. The summed E-state index contributed by atoms with van der Waals surface area (Å²) in [6.45, 7) is 3.49. The molecule has 34 heavy (non-hydrogen) atoms. The Labute approximate surface area is 198 Å². The fourth-order valence-corrected chi connectivity index (χ4v) is 5.09. The van der Waals surface area contributed by atoms with Crippen molar-refractivity contribution in [3.63, 3.8) is 0 Å². The highest BCUT2D eigenvalue weighted by Gasteiger charge is 2.29. The fraction of sp³-hybridized carbons (Fsp3) is 0.200. The average molecular weight is 480 g/mol. The molecule has 1 atom stereocenters. The summed E-state index contributed by atoms with van der Waals surface area (Å²) in [6.07, 6.45) is 0.0821. The van der Waals surface area contributed by atoms with Gasteiger partial charge in [0.15, 0.2) is 6.61 Å². The van der Waals surface area contributed by atoms with Crippen LogP contribution in [0.1, 0.15) is 40.1 Å². The van der Waals surface area contributed by atoms with Crippen molar-refractivity contribution >= 4 is 33.3 Å². The van der Waals surface area contributed by atoms with Crippen molar-refractivity contribution in [2.45, 2.75) is 31.3 Å². The molecule has 0 aromatic heterocycles. The van der Waals surface area contributed by atoms with E-state index in [2.05, 4.69) is 15.4 Å². The molecule has 9 heteroatoms. The van der Waals surface area contributed by atoms with Crippen LogP contribution in [0.15, 0.2) is 71.6 Å². The minimum atomic E-state index is -3.67. The van der Waals surface area contributed by atoms with Crippen molar-refractivity contribution in [2.24, 2.45) is 0 Å². The smallest absolute Gasteiger partial charge is 0.338 e. The first-order valence-corrected chi connectivity index (χ1v) is 12.3. The molecule has 0 spiro atoms. The van der Waals surface area contributed by atoms with Gasteiger partial charge in [0.1, 0.15) is 11.1 Å². The Bertz CT molecular complexity index is 1340. The van der Waals surface area contributed by atoms with Gasteiger partial charge in [-0.2, -0.15) is 4.72 Å². The molecule has 0 aliphatic carbocycles. The third-order valence-electron chi connectivity index (χ3n) is 5.57. The first kappa shape index (κ1) is 23.5.